The number of benzene rings is 1. The van der Waals surface area contributed by atoms with Crippen LogP contribution in [0.3, 0.4) is 0 Å². The van der Waals surface area contributed by atoms with Crippen LogP contribution in [0.4, 0.5) is 5.82 Å². The Morgan fingerprint density at radius 1 is 1.33 bits per heavy atom. The fourth-order valence-electron chi connectivity index (χ4n) is 3.48. The van der Waals surface area contributed by atoms with Crippen molar-refractivity contribution in [3.63, 3.8) is 0 Å². The summed E-state index contributed by atoms with van der Waals surface area (Å²) in [5.41, 5.74) is 1.09. The lowest BCUT2D eigenvalue weighted by Gasteiger charge is -2.26. The lowest BCUT2D eigenvalue weighted by Crippen LogP contribution is -2.39. The van der Waals surface area contributed by atoms with E-state index in [1.165, 1.54) is 0 Å². The highest BCUT2D eigenvalue weighted by atomic mass is 16.4. The summed E-state index contributed by atoms with van der Waals surface area (Å²) in [5.74, 6) is 0.847. The molecular formula is C19H23N3O2. The average Bonchev–Trinajstić information content (AvgIpc) is 3.04. The van der Waals surface area contributed by atoms with Crippen LogP contribution in [0.5, 0.6) is 0 Å². The predicted octanol–water partition coefficient (Wildman–Crippen LogP) is 2.97. The van der Waals surface area contributed by atoms with Crippen molar-refractivity contribution < 1.29 is 9.90 Å². The van der Waals surface area contributed by atoms with Gasteiger partial charge in [-0.25, -0.2) is 9.97 Å². The van der Waals surface area contributed by atoms with Gasteiger partial charge in [-0.15, -0.1) is 0 Å². The van der Waals surface area contributed by atoms with Crippen molar-refractivity contribution in [2.24, 2.45) is 0 Å². The van der Waals surface area contributed by atoms with Gasteiger partial charge < -0.3 is 10.0 Å². The highest BCUT2D eigenvalue weighted by Crippen LogP contribution is 2.37. The van der Waals surface area contributed by atoms with Crippen LogP contribution in [0.1, 0.15) is 36.7 Å². The van der Waals surface area contributed by atoms with Gasteiger partial charge in [0.2, 0.25) is 0 Å². The molecule has 1 N–H and O–H groups in total. The van der Waals surface area contributed by atoms with Crippen LogP contribution in [-0.2, 0) is 16.6 Å². The number of rotatable bonds is 5. The number of carboxylic acids is 1. The summed E-state index contributed by atoms with van der Waals surface area (Å²) in [6, 6.07) is 9.55. The van der Waals surface area contributed by atoms with Crippen LogP contribution >= 0.6 is 0 Å². The van der Waals surface area contributed by atoms with Gasteiger partial charge >= 0.3 is 5.97 Å². The normalized spacial score (nSPS) is 20.3. The smallest absolute Gasteiger partial charge is 0.316 e. The molecule has 1 aliphatic heterocycles. The van der Waals surface area contributed by atoms with Crippen LogP contribution in [-0.4, -0.2) is 34.1 Å². The van der Waals surface area contributed by atoms with Gasteiger partial charge in [-0.2, -0.15) is 0 Å². The molecule has 0 spiro atoms. The van der Waals surface area contributed by atoms with Crippen molar-refractivity contribution >= 4 is 11.8 Å². The molecule has 2 heterocycles. The number of hydrogen-bond donors (Lipinski definition) is 1. The maximum atomic E-state index is 12.1. The summed E-state index contributed by atoms with van der Waals surface area (Å²) in [6.07, 6.45) is 4.37. The number of aliphatic carboxylic acids is 1. The molecule has 5 heteroatoms. The first kappa shape index (κ1) is 16.4. The maximum absolute atomic E-state index is 12.1. The molecule has 5 nitrogen and oxygen atoms in total. The highest BCUT2D eigenvalue weighted by Gasteiger charge is 2.47. The molecule has 1 fully saturated rings. The Balaban J connectivity index is 1.97. The van der Waals surface area contributed by atoms with Gasteiger partial charge in [0.05, 0.1) is 0 Å². The summed E-state index contributed by atoms with van der Waals surface area (Å²) in [6.45, 7) is 5.13. The summed E-state index contributed by atoms with van der Waals surface area (Å²) in [5, 5.41) is 9.95. The Bertz CT molecular complexity index is 733. The van der Waals surface area contributed by atoms with Gasteiger partial charge in [0.1, 0.15) is 17.1 Å². The molecule has 0 saturated carbocycles. The van der Waals surface area contributed by atoms with E-state index in [1.807, 2.05) is 43.5 Å². The summed E-state index contributed by atoms with van der Waals surface area (Å²) in [4.78, 5) is 23.2. The molecule has 1 aromatic heterocycles. The van der Waals surface area contributed by atoms with Gasteiger partial charge in [-0.3, -0.25) is 4.79 Å². The van der Waals surface area contributed by atoms with Crippen LogP contribution in [0.25, 0.3) is 0 Å². The molecule has 3 rings (SSSR count). The summed E-state index contributed by atoms with van der Waals surface area (Å²) < 4.78 is 0. The fraction of sp³-hybridized carbons (Fsp3) is 0.421. The van der Waals surface area contributed by atoms with Gasteiger partial charge in [0.25, 0.3) is 0 Å². The first-order valence-electron chi connectivity index (χ1n) is 8.43. The van der Waals surface area contributed by atoms with E-state index in [4.69, 9.17) is 0 Å². The SMILES string of the molecule is CCCc1cnc(C)nc1N1CCC(C(=O)O)(c2ccccc2)C1. The van der Waals surface area contributed by atoms with E-state index in [1.54, 1.807) is 0 Å². The van der Waals surface area contributed by atoms with Crippen LogP contribution in [0.15, 0.2) is 36.5 Å². The Labute approximate surface area is 142 Å². The van der Waals surface area contributed by atoms with Gasteiger partial charge in [-0.05, 0) is 25.3 Å². The molecule has 24 heavy (non-hydrogen) atoms. The molecule has 1 unspecified atom stereocenters. The van der Waals surface area contributed by atoms with Crippen molar-refractivity contribution in [3.8, 4) is 0 Å². The monoisotopic (exact) mass is 325 g/mol. The minimum atomic E-state index is -0.871. The van der Waals surface area contributed by atoms with E-state index in [2.05, 4.69) is 21.8 Å². The second-order valence-corrected chi connectivity index (χ2v) is 6.44. The molecule has 126 valence electrons. The topological polar surface area (TPSA) is 66.3 Å². The lowest BCUT2D eigenvalue weighted by atomic mass is 9.80. The van der Waals surface area contributed by atoms with E-state index < -0.39 is 11.4 Å². The maximum Gasteiger partial charge on any atom is 0.316 e. The predicted molar refractivity (Wildman–Crippen MR) is 93.3 cm³/mol. The average molecular weight is 325 g/mol. The zero-order valence-corrected chi connectivity index (χ0v) is 14.2. The van der Waals surface area contributed by atoms with Crippen molar-refractivity contribution in [3.05, 3.63) is 53.5 Å². The minimum Gasteiger partial charge on any atom is -0.481 e. The largest absolute Gasteiger partial charge is 0.481 e. The molecule has 0 radical (unpaired) electrons. The molecule has 0 aliphatic carbocycles. The van der Waals surface area contributed by atoms with E-state index >= 15 is 0 Å². The third kappa shape index (κ3) is 2.86. The highest BCUT2D eigenvalue weighted by molar-refractivity contribution is 5.83. The van der Waals surface area contributed by atoms with Crippen LogP contribution in [0, 0.1) is 6.92 Å². The number of aryl methyl sites for hydroxylation is 2. The summed E-state index contributed by atoms with van der Waals surface area (Å²) >= 11 is 0. The number of aromatic nitrogens is 2. The van der Waals surface area contributed by atoms with E-state index in [0.717, 1.165) is 35.6 Å². The van der Waals surface area contributed by atoms with Crippen LogP contribution < -0.4 is 4.90 Å². The number of nitrogens with zero attached hydrogens (tertiary/aromatic N) is 3. The van der Waals surface area contributed by atoms with E-state index in [-0.39, 0.29) is 0 Å². The molecule has 2 aromatic rings. The molecule has 1 saturated heterocycles. The number of carbonyl (C=O) groups is 1. The quantitative estimate of drug-likeness (QED) is 0.915. The number of hydrogen-bond acceptors (Lipinski definition) is 4. The van der Waals surface area contributed by atoms with Gasteiger partial charge in [-0.1, -0.05) is 43.7 Å². The van der Waals surface area contributed by atoms with Crippen LogP contribution in [0.2, 0.25) is 0 Å². The summed E-state index contributed by atoms with van der Waals surface area (Å²) in [7, 11) is 0. The molecular weight excluding hydrogens is 302 g/mol. The Hall–Kier alpha value is -2.43. The van der Waals surface area contributed by atoms with E-state index in [9.17, 15) is 9.90 Å². The Morgan fingerprint density at radius 3 is 2.75 bits per heavy atom. The zero-order valence-electron chi connectivity index (χ0n) is 14.2. The molecule has 1 aromatic carbocycles. The Kier molecular flexibility index (Phi) is 4.51. The van der Waals surface area contributed by atoms with Crippen molar-refractivity contribution in [1.29, 1.82) is 0 Å². The first-order chi connectivity index (χ1) is 11.6. The minimum absolute atomic E-state index is 0.444. The molecule has 1 atom stereocenters. The second-order valence-electron chi connectivity index (χ2n) is 6.44. The molecule has 0 bridgehead atoms. The third-order valence-corrected chi connectivity index (χ3v) is 4.79. The molecule has 1 aliphatic rings. The second kappa shape index (κ2) is 6.59. The fourth-order valence-corrected chi connectivity index (χ4v) is 3.48. The van der Waals surface area contributed by atoms with Crippen molar-refractivity contribution in [2.75, 3.05) is 18.0 Å². The third-order valence-electron chi connectivity index (χ3n) is 4.79. The van der Waals surface area contributed by atoms with Gasteiger partial charge in [0, 0.05) is 24.8 Å². The lowest BCUT2D eigenvalue weighted by molar-refractivity contribution is -0.143. The molecule has 0 amide bonds. The number of anilines is 1. The first-order valence-corrected chi connectivity index (χ1v) is 8.43. The number of carboxylic acid groups (broad SMARTS) is 1. The van der Waals surface area contributed by atoms with E-state index in [0.29, 0.717) is 19.5 Å². The zero-order chi connectivity index (χ0) is 17.2. The van der Waals surface area contributed by atoms with Gasteiger partial charge in [0.15, 0.2) is 0 Å². The Morgan fingerprint density at radius 2 is 2.08 bits per heavy atom. The van der Waals surface area contributed by atoms with Crippen molar-refractivity contribution in [2.45, 2.75) is 38.5 Å². The van der Waals surface area contributed by atoms with Crippen molar-refractivity contribution in [1.82, 2.24) is 9.97 Å². The standard InChI is InChI=1S/C19H23N3O2/c1-3-7-15-12-20-14(2)21-17(15)22-11-10-19(13-22,18(23)24)16-8-5-4-6-9-16/h4-6,8-9,12H,3,7,10-11,13H2,1-2H3,(H,23,24).